The van der Waals surface area contributed by atoms with Gasteiger partial charge in [0, 0.05) is 11.4 Å². The van der Waals surface area contributed by atoms with E-state index in [0.717, 1.165) is 34.1 Å². The highest BCUT2D eigenvalue weighted by atomic mass is 16.5. The molecule has 1 aliphatic heterocycles. The van der Waals surface area contributed by atoms with Gasteiger partial charge in [0.2, 0.25) is 0 Å². The number of ether oxygens (including phenoxy) is 3. The van der Waals surface area contributed by atoms with Crippen LogP contribution in [0.15, 0.2) is 85.1 Å². The Morgan fingerprint density at radius 3 is 2.16 bits per heavy atom. The minimum Gasteiger partial charge on any atom is -0.497 e. The Hall–Kier alpha value is -4.72. The first kappa shape index (κ1) is 24.0. The summed E-state index contributed by atoms with van der Waals surface area (Å²) in [6.45, 7) is 2.51. The molecule has 8 nitrogen and oxygen atoms in total. The van der Waals surface area contributed by atoms with E-state index in [1.165, 1.54) is 0 Å². The van der Waals surface area contributed by atoms with Gasteiger partial charge < -0.3 is 24.8 Å². The van der Waals surface area contributed by atoms with Crippen molar-refractivity contribution in [2.75, 3.05) is 31.5 Å². The number of nitrogens with zero attached hydrogens (tertiary/aromatic N) is 2. The normalized spacial score (nSPS) is 14.1. The maximum absolute atomic E-state index is 13.3. The molecule has 188 valence electrons. The standard InChI is InChI=1S/C29H28N4O4/c1-4-37-24-15-9-21(10-16-24)31-29(34)25-18-30-33-27(20-7-13-23(36-3)14-8-20)17-26(32-28(25)33)19-5-11-22(35-2)12-6-19/h5-18,27,32H,4H2,1-3H3,(H,31,34)/t27-/m1/s1. The number of hydrogen-bond donors (Lipinski definition) is 2. The largest absolute Gasteiger partial charge is 0.497 e. The predicted octanol–water partition coefficient (Wildman–Crippen LogP) is 5.61. The molecule has 3 aromatic carbocycles. The number of hydrogen-bond acceptors (Lipinski definition) is 6. The van der Waals surface area contributed by atoms with Gasteiger partial charge in [-0.25, -0.2) is 4.68 Å². The van der Waals surface area contributed by atoms with Crippen molar-refractivity contribution in [3.8, 4) is 17.2 Å². The van der Waals surface area contributed by atoms with Gasteiger partial charge in [0.25, 0.3) is 5.91 Å². The average molecular weight is 497 g/mol. The molecule has 1 amide bonds. The first-order valence-corrected chi connectivity index (χ1v) is 12.0. The summed E-state index contributed by atoms with van der Waals surface area (Å²) in [6, 6.07) is 22.7. The molecule has 0 aliphatic carbocycles. The van der Waals surface area contributed by atoms with Crippen molar-refractivity contribution in [3.05, 3.63) is 102 Å². The summed E-state index contributed by atoms with van der Waals surface area (Å²) in [7, 11) is 3.28. The van der Waals surface area contributed by atoms with Crippen molar-refractivity contribution >= 4 is 23.1 Å². The second-order valence-corrected chi connectivity index (χ2v) is 8.41. The molecule has 0 fully saturated rings. The number of rotatable bonds is 8. The van der Waals surface area contributed by atoms with Gasteiger partial charge in [-0.15, -0.1) is 0 Å². The molecular formula is C29H28N4O4. The number of anilines is 2. The van der Waals surface area contributed by atoms with Gasteiger partial charge in [0.05, 0.1) is 33.1 Å². The number of carbonyl (C=O) groups excluding carboxylic acids is 1. The smallest absolute Gasteiger partial charge is 0.261 e. The summed E-state index contributed by atoms with van der Waals surface area (Å²) in [5.41, 5.74) is 3.95. The van der Waals surface area contributed by atoms with Crippen LogP contribution in [0.4, 0.5) is 11.5 Å². The zero-order chi connectivity index (χ0) is 25.8. The number of carbonyl (C=O) groups is 1. The summed E-state index contributed by atoms with van der Waals surface area (Å²) in [4.78, 5) is 13.3. The average Bonchev–Trinajstić information content (AvgIpc) is 3.38. The van der Waals surface area contributed by atoms with Gasteiger partial charge in [-0.05, 0) is 84.8 Å². The number of allylic oxidation sites excluding steroid dienone is 1. The molecule has 0 radical (unpaired) electrons. The third-order valence-electron chi connectivity index (χ3n) is 6.16. The Morgan fingerprint density at radius 1 is 0.919 bits per heavy atom. The lowest BCUT2D eigenvalue weighted by molar-refractivity contribution is 0.102. The summed E-state index contributed by atoms with van der Waals surface area (Å²) in [6.07, 6.45) is 3.69. The van der Waals surface area contributed by atoms with Gasteiger partial charge in [-0.1, -0.05) is 12.1 Å². The van der Waals surface area contributed by atoms with E-state index in [2.05, 4.69) is 21.8 Å². The zero-order valence-corrected chi connectivity index (χ0v) is 20.9. The highest BCUT2D eigenvalue weighted by Crippen LogP contribution is 2.36. The summed E-state index contributed by atoms with van der Waals surface area (Å²) < 4.78 is 18.0. The lowest BCUT2D eigenvalue weighted by Gasteiger charge is -2.26. The van der Waals surface area contributed by atoms with Crippen LogP contribution in [0.25, 0.3) is 5.70 Å². The molecule has 1 aromatic heterocycles. The Kier molecular flexibility index (Phi) is 6.81. The second kappa shape index (κ2) is 10.5. The number of aromatic nitrogens is 2. The van der Waals surface area contributed by atoms with Crippen molar-refractivity contribution in [1.29, 1.82) is 0 Å². The van der Waals surface area contributed by atoms with E-state index in [-0.39, 0.29) is 11.9 Å². The van der Waals surface area contributed by atoms with Crippen LogP contribution >= 0.6 is 0 Å². The van der Waals surface area contributed by atoms with Crippen LogP contribution in [0.3, 0.4) is 0 Å². The lowest BCUT2D eigenvalue weighted by atomic mass is 10.0. The SMILES string of the molecule is CCOc1ccc(NC(=O)c2cnn3c2NC(c2ccc(OC)cc2)=C[C@@H]3c2ccc(OC)cc2)cc1. The first-order valence-electron chi connectivity index (χ1n) is 12.0. The van der Waals surface area contributed by atoms with E-state index in [9.17, 15) is 4.79 Å². The zero-order valence-electron chi connectivity index (χ0n) is 20.9. The van der Waals surface area contributed by atoms with Crippen LogP contribution < -0.4 is 24.8 Å². The molecule has 1 atom stereocenters. The van der Waals surface area contributed by atoms with Crippen molar-refractivity contribution in [1.82, 2.24) is 9.78 Å². The molecular weight excluding hydrogens is 468 g/mol. The maximum atomic E-state index is 13.3. The fourth-order valence-electron chi connectivity index (χ4n) is 4.24. The molecule has 1 aliphatic rings. The van der Waals surface area contributed by atoms with Crippen molar-refractivity contribution < 1.29 is 19.0 Å². The third-order valence-corrected chi connectivity index (χ3v) is 6.16. The van der Waals surface area contributed by atoms with Gasteiger partial charge in [-0.2, -0.15) is 5.10 Å². The molecule has 4 aromatic rings. The van der Waals surface area contributed by atoms with Crippen LogP contribution in [-0.4, -0.2) is 36.5 Å². The number of methoxy groups -OCH3 is 2. The molecule has 2 N–H and O–H groups in total. The first-order chi connectivity index (χ1) is 18.1. The topological polar surface area (TPSA) is 86.6 Å². The third kappa shape index (κ3) is 4.99. The maximum Gasteiger partial charge on any atom is 0.261 e. The highest BCUT2D eigenvalue weighted by Gasteiger charge is 2.28. The molecule has 8 heteroatoms. The molecule has 2 heterocycles. The molecule has 37 heavy (non-hydrogen) atoms. The quantitative estimate of drug-likeness (QED) is 0.330. The number of amides is 1. The molecule has 0 spiro atoms. The molecule has 5 rings (SSSR count). The van der Waals surface area contributed by atoms with Crippen LogP contribution in [0.5, 0.6) is 17.2 Å². The molecule has 0 unspecified atom stereocenters. The van der Waals surface area contributed by atoms with Crippen LogP contribution in [0.2, 0.25) is 0 Å². The Bertz CT molecular complexity index is 1410. The van der Waals surface area contributed by atoms with Crippen LogP contribution in [0, 0.1) is 0 Å². The van der Waals surface area contributed by atoms with E-state index in [4.69, 9.17) is 14.2 Å². The summed E-state index contributed by atoms with van der Waals surface area (Å²) in [5.74, 6) is 2.64. The van der Waals surface area contributed by atoms with Crippen molar-refractivity contribution in [3.63, 3.8) is 0 Å². The monoisotopic (exact) mass is 496 g/mol. The second-order valence-electron chi connectivity index (χ2n) is 8.41. The summed E-state index contributed by atoms with van der Waals surface area (Å²) in [5, 5.41) is 11.0. The lowest BCUT2D eigenvalue weighted by Crippen LogP contribution is -2.22. The highest BCUT2D eigenvalue weighted by molar-refractivity contribution is 6.08. The van der Waals surface area contributed by atoms with Gasteiger partial charge in [-0.3, -0.25) is 4.79 Å². The van der Waals surface area contributed by atoms with E-state index in [1.807, 2.05) is 84.4 Å². The predicted molar refractivity (Wildman–Crippen MR) is 144 cm³/mol. The van der Waals surface area contributed by atoms with Gasteiger partial charge in [0.15, 0.2) is 0 Å². The van der Waals surface area contributed by atoms with E-state index in [1.54, 1.807) is 20.4 Å². The Balaban J connectivity index is 1.49. The van der Waals surface area contributed by atoms with E-state index < -0.39 is 0 Å². The minimum absolute atomic E-state index is 0.230. The fraction of sp³-hybridized carbons (Fsp3) is 0.172. The van der Waals surface area contributed by atoms with Crippen LogP contribution in [0.1, 0.15) is 34.5 Å². The molecule has 0 saturated carbocycles. The Labute approximate surface area is 215 Å². The fourth-order valence-corrected chi connectivity index (χ4v) is 4.24. The molecule has 0 saturated heterocycles. The number of benzene rings is 3. The number of fused-ring (bicyclic) bond motifs is 1. The minimum atomic E-state index is -0.262. The summed E-state index contributed by atoms with van der Waals surface area (Å²) >= 11 is 0. The van der Waals surface area contributed by atoms with Crippen molar-refractivity contribution in [2.24, 2.45) is 0 Å². The molecule has 0 bridgehead atoms. The number of nitrogens with one attached hydrogen (secondary N) is 2. The van der Waals surface area contributed by atoms with Crippen LogP contribution in [-0.2, 0) is 0 Å². The van der Waals surface area contributed by atoms with Crippen molar-refractivity contribution in [2.45, 2.75) is 13.0 Å². The van der Waals surface area contributed by atoms with Gasteiger partial charge >= 0.3 is 0 Å². The van der Waals surface area contributed by atoms with E-state index >= 15 is 0 Å². The Morgan fingerprint density at radius 2 is 1.54 bits per heavy atom. The van der Waals surface area contributed by atoms with E-state index in [0.29, 0.717) is 23.7 Å². The van der Waals surface area contributed by atoms with Gasteiger partial charge in [0.1, 0.15) is 28.6 Å².